The van der Waals surface area contributed by atoms with Crippen molar-refractivity contribution in [2.45, 2.75) is 18.4 Å². The molecule has 0 aliphatic heterocycles. The molecule has 3 rings (SSSR count). The number of sulfonamides is 1. The fourth-order valence-electron chi connectivity index (χ4n) is 2.52. The van der Waals surface area contributed by atoms with Gasteiger partial charge in [0.05, 0.1) is 21.8 Å². The molecule has 3 aromatic rings. The Hall–Kier alpha value is -3.19. The van der Waals surface area contributed by atoms with E-state index in [1.165, 1.54) is 23.5 Å². The fraction of sp³-hybridized carbons (Fsp3) is 0.143. The van der Waals surface area contributed by atoms with E-state index in [-0.39, 0.29) is 11.5 Å². The van der Waals surface area contributed by atoms with E-state index in [9.17, 15) is 13.2 Å². The predicted molar refractivity (Wildman–Crippen MR) is 107 cm³/mol. The zero-order valence-electron chi connectivity index (χ0n) is 15.6. The largest absolute Gasteiger partial charge is 0.456 e. The van der Waals surface area contributed by atoms with Gasteiger partial charge in [0.15, 0.2) is 0 Å². The molecule has 0 saturated carbocycles. The number of benzene rings is 2. The topological polar surface area (TPSA) is 76.6 Å². The van der Waals surface area contributed by atoms with Crippen molar-refractivity contribution in [3.05, 3.63) is 89.7 Å². The third-order valence-electron chi connectivity index (χ3n) is 4.22. The number of rotatable bonds is 6. The smallest absolute Gasteiger partial charge is 0.338 e. The highest BCUT2D eigenvalue weighted by molar-refractivity contribution is 7.92. The number of esters is 1. The van der Waals surface area contributed by atoms with Gasteiger partial charge in [0.25, 0.3) is 10.0 Å². The van der Waals surface area contributed by atoms with E-state index in [1.54, 1.807) is 54.7 Å². The third-order valence-corrected chi connectivity index (χ3v) is 6.02. The van der Waals surface area contributed by atoms with E-state index < -0.39 is 16.0 Å². The first-order chi connectivity index (χ1) is 13.4. The first-order valence-corrected chi connectivity index (χ1v) is 10.0. The van der Waals surface area contributed by atoms with Crippen molar-refractivity contribution in [2.75, 3.05) is 11.4 Å². The van der Waals surface area contributed by atoms with Crippen LogP contribution in [0.25, 0.3) is 0 Å². The Bertz CT molecular complexity index is 1050. The molecule has 0 aliphatic rings. The Labute approximate surface area is 164 Å². The van der Waals surface area contributed by atoms with Crippen LogP contribution in [0.1, 0.15) is 21.6 Å². The standard InChI is InChI=1S/C21H20N2O4S/c1-16-6-12-20(13-7-16)28(25,26)23(2)19-10-8-17(9-11-19)21(24)27-15-18-5-3-4-14-22-18/h3-14H,15H2,1-2H3. The number of aryl methyl sites for hydroxylation is 1. The molecule has 0 spiro atoms. The average molecular weight is 396 g/mol. The van der Waals surface area contributed by atoms with Gasteiger partial charge < -0.3 is 4.74 Å². The van der Waals surface area contributed by atoms with Crippen LogP contribution in [-0.4, -0.2) is 26.4 Å². The summed E-state index contributed by atoms with van der Waals surface area (Å²) < 4.78 is 31.9. The van der Waals surface area contributed by atoms with Crippen LogP contribution in [0.4, 0.5) is 5.69 Å². The zero-order valence-corrected chi connectivity index (χ0v) is 16.4. The van der Waals surface area contributed by atoms with Gasteiger partial charge in [0.2, 0.25) is 0 Å². The lowest BCUT2D eigenvalue weighted by Gasteiger charge is -2.19. The Morgan fingerprint density at radius 1 is 1.00 bits per heavy atom. The maximum atomic E-state index is 12.7. The summed E-state index contributed by atoms with van der Waals surface area (Å²) in [7, 11) is -2.20. The molecule has 0 amide bonds. The second kappa shape index (κ2) is 8.22. The van der Waals surface area contributed by atoms with E-state index >= 15 is 0 Å². The van der Waals surface area contributed by atoms with Crippen molar-refractivity contribution >= 4 is 21.7 Å². The van der Waals surface area contributed by atoms with Crippen LogP contribution in [0.3, 0.4) is 0 Å². The normalized spacial score (nSPS) is 11.1. The number of pyridine rings is 1. The van der Waals surface area contributed by atoms with E-state index in [0.29, 0.717) is 16.9 Å². The van der Waals surface area contributed by atoms with Crippen LogP contribution in [0.15, 0.2) is 77.8 Å². The van der Waals surface area contributed by atoms with Crippen LogP contribution >= 0.6 is 0 Å². The maximum Gasteiger partial charge on any atom is 0.338 e. The van der Waals surface area contributed by atoms with Gasteiger partial charge >= 0.3 is 5.97 Å². The van der Waals surface area contributed by atoms with E-state index in [2.05, 4.69) is 4.98 Å². The van der Waals surface area contributed by atoms with Crippen molar-refractivity contribution < 1.29 is 17.9 Å². The summed E-state index contributed by atoms with van der Waals surface area (Å²) in [5.74, 6) is -0.499. The van der Waals surface area contributed by atoms with Crippen LogP contribution in [0.5, 0.6) is 0 Å². The Morgan fingerprint density at radius 2 is 1.68 bits per heavy atom. The minimum atomic E-state index is -3.68. The number of carbonyl (C=O) groups is 1. The molecule has 144 valence electrons. The molecule has 2 aromatic carbocycles. The lowest BCUT2D eigenvalue weighted by atomic mass is 10.2. The number of nitrogens with zero attached hydrogens (tertiary/aromatic N) is 2. The van der Waals surface area contributed by atoms with Crippen molar-refractivity contribution in [1.82, 2.24) is 4.98 Å². The first-order valence-electron chi connectivity index (χ1n) is 8.60. The zero-order chi connectivity index (χ0) is 20.1. The van der Waals surface area contributed by atoms with Gasteiger partial charge in [-0.1, -0.05) is 23.8 Å². The molecule has 28 heavy (non-hydrogen) atoms. The van der Waals surface area contributed by atoms with E-state index in [1.807, 2.05) is 13.0 Å². The Morgan fingerprint density at radius 3 is 2.29 bits per heavy atom. The number of aromatic nitrogens is 1. The summed E-state index contributed by atoms with van der Waals surface area (Å²) in [6.45, 7) is 1.97. The number of hydrogen-bond donors (Lipinski definition) is 0. The third kappa shape index (κ3) is 4.37. The molecule has 1 heterocycles. The second-order valence-electron chi connectivity index (χ2n) is 6.23. The second-order valence-corrected chi connectivity index (χ2v) is 8.20. The van der Waals surface area contributed by atoms with Crippen LogP contribution in [0, 0.1) is 6.92 Å². The molecule has 0 atom stereocenters. The number of hydrogen-bond acceptors (Lipinski definition) is 5. The SMILES string of the molecule is Cc1ccc(S(=O)(=O)N(C)c2ccc(C(=O)OCc3ccccn3)cc2)cc1. The van der Waals surface area contributed by atoms with Crippen molar-refractivity contribution in [3.8, 4) is 0 Å². The molecule has 0 aliphatic carbocycles. The monoisotopic (exact) mass is 396 g/mol. The Balaban J connectivity index is 1.70. The van der Waals surface area contributed by atoms with Gasteiger partial charge in [-0.15, -0.1) is 0 Å². The number of ether oxygens (including phenoxy) is 1. The summed E-state index contributed by atoms with van der Waals surface area (Å²) in [5.41, 5.74) is 2.41. The molecule has 1 aromatic heterocycles. The Kier molecular flexibility index (Phi) is 5.75. The molecule has 0 N–H and O–H groups in total. The van der Waals surface area contributed by atoms with E-state index in [4.69, 9.17) is 4.74 Å². The van der Waals surface area contributed by atoms with Crippen molar-refractivity contribution in [1.29, 1.82) is 0 Å². The van der Waals surface area contributed by atoms with Crippen LogP contribution in [-0.2, 0) is 21.4 Å². The van der Waals surface area contributed by atoms with E-state index in [0.717, 1.165) is 5.56 Å². The summed E-state index contributed by atoms with van der Waals surface area (Å²) >= 11 is 0. The van der Waals surface area contributed by atoms with Crippen LogP contribution in [0.2, 0.25) is 0 Å². The molecular weight excluding hydrogens is 376 g/mol. The summed E-state index contributed by atoms with van der Waals surface area (Å²) in [4.78, 5) is 16.5. The number of anilines is 1. The lowest BCUT2D eigenvalue weighted by molar-refractivity contribution is 0.0468. The highest BCUT2D eigenvalue weighted by Crippen LogP contribution is 2.23. The quantitative estimate of drug-likeness (QED) is 0.595. The molecule has 0 unspecified atom stereocenters. The summed E-state index contributed by atoms with van der Waals surface area (Å²) in [6.07, 6.45) is 1.63. The van der Waals surface area contributed by atoms with Gasteiger partial charge in [0, 0.05) is 13.2 Å². The first kappa shape index (κ1) is 19.6. The summed E-state index contributed by atoms with van der Waals surface area (Å²) in [5, 5.41) is 0. The highest BCUT2D eigenvalue weighted by Gasteiger charge is 2.21. The van der Waals surface area contributed by atoms with Crippen molar-refractivity contribution in [2.24, 2.45) is 0 Å². The van der Waals surface area contributed by atoms with Gasteiger partial charge in [0.1, 0.15) is 6.61 Å². The molecule has 0 fully saturated rings. The predicted octanol–water partition coefficient (Wildman–Crippen LogP) is 3.57. The number of carbonyl (C=O) groups excluding carboxylic acids is 1. The highest BCUT2D eigenvalue weighted by atomic mass is 32.2. The fourth-order valence-corrected chi connectivity index (χ4v) is 3.72. The van der Waals surface area contributed by atoms with Gasteiger partial charge in [-0.05, 0) is 55.5 Å². The molecule has 0 bridgehead atoms. The molecule has 7 heteroatoms. The van der Waals surface area contributed by atoms with Crippen LogP contribution < -0.4 is 4.31 Å². The molecular formula is C21H20N2O4S. The minimum absolute atomic E-state index is 0.0726. The molecule has 0 radical (unpaired) electrons. The molecule has 0 saturated heterocycles. The van der Waals surface area contributed by atoms with Gasteiger partial charge in [-0.25, -0.2) is 13.2 Å². The van der Waals surface area contributed by atoms with Gasteiger partial charge in [-0.2, -0.15) is 0 Å². The minimum Gasteiger partial charge on any atom is -0.456 e. The average Bonchev–Trinajstić information content (AvgIpc) is 2.72. The van der Waals surface area contributed by atoms with Gasteiger partial charge in [-0.3, -0.25) is 9.29 Å². The summed E-state index contributed by atoms with van der Waals surface area (Å²) in [6, 6.07) is 18.2. The maximum absolute atomic E-state index is 12.7. The van der Waals surface area contributed by atoms with Crippen molar-refractivity contribution in [3.63, 3.8) is 0 Å². The lowest BCUT2D eigenvalue weighted by Crippen LogP contribution is -2.26. The molecule has 6 nitrogen and oxygen atoms in total.